The molecule has 2 aliphatic rings. The predicted octanol–water partition coefficient (Wildman–Crippen LogP) is 1.12. The number of sulfonamides is 1. The van der Waals surface area contributed by atoms with Crippen LogP contribution in [-0.4, -0.2) is 112 Å². The van der Waals surface area contributed by atoms with E-state index < -0.39 is 58.5 Å². The molecule has 1 saturated carbocycles. The molecular weight excluding hydrogens is 815 g/mol. The van der Waals surface area contributed by atoms with Gasteiger partial charge in [-0.15, -0.1) is 0 Å². The third kappa shape index (κ3) is 8.25. The molecule has 6 aromatic rings. The van der Waals surface area contributed by atoms with Crippen LogP contribution >= 0.6 is 0 Å². The number of anilines is 3. The number of fused-ring (bicyclic) bond motifs is 1. The first-order valence-electron chi connectivity index (χ1n) is 19.2. The summed E-state index contributed by atoms with van der Waals surface area (Å²) in [7, 11) is -3.99. The second-order valence-corrected chi connectivity index (χ2v) is 16.6. The number of nitrogens with one attached hydrogen (secondary N) is 4. The standard InChI is InChI=1S/C39H43N11O10S/c40-61(59,60)26-3-1-2-22(14-26)43-38(57)44-23-12-13-48(17-23)37-46-34(41-16-27(20-4-8-24(52)9-5-20)21-6-10-25(53)11-7-21)31-35(47-37)49(19-42-31)29-15-30(33(55)32(29)54)50-36(56)28(18-51)45-39(50)58/h1-11,14,19,23,27,29-30,32-33,51-56H,12-13,15-18H2,(H,45,58)(H2,40,59,60)(H,41,46,47)(H2,43,44,57)/t23-,29-,30+,32+,33-/m1/s1. The fourth-order valence-corrected chi connectivity index (χ4v) is 8.60. The number of phenolic OH excluding ortho intramolecular Hbond substituents is 2. The van der Waals surface area contributed by atoms with Crippen molar-refractivity contribution in [2.45, 2.75) is 60.6 Å². The monoisotopic (exact) mass is 857 g/mol. The third-order valence-electron chi connectivity index (χ3n) is 11.1. The first-order valence-corrected chi connectivity index (χ1v) is 20.7. The number of aromatic nitrogens is 6. The Morgan fingerprint density at radius 2 is 1.62 bits per heavy atom. The summed E-state index contributed by atoms with van der Waals surface area (Å²) in [5.41, 5.74) is 1.57. The highest BCUT2D eigenvalue weighted by Crippen LogP contribution is 2.42. The van der Waals surface area contributed by atoms with Gasteiger partial charge in [-0.05, 0) is 66.4 Å². The molecule has 3 aromatic carbocycles. The van der Waals surface area contributed by atoms with Crippen molar-refractivity contribution >= 4 is 44.7 Å². The first-order chi connectivity index (χ1) is 29.2. The number of carbonyl (C=O) groups excluding carboxylic acids is 1. The van der Waals surface area contributed by atoms with Gasteiger partial charge in [0.05, 0.1) is 29.9 Å². The summed E-state index contributed by atoms with van der Waals surface area (Å²) in [5, 5.41) is 77.2. The van der Waals surface area contributed by atoms with E-state index >= 15 is 0 Å². The maximum Gasteiger partial charge on any atom is 0.329 e. The molecule has 61 heavy (non-hydrogen) atoms. The number of aliphatic hydroxyl groups is 3. The number of amides is 2. The Kier molecular flexibility index (Phi) is 11.0. The Bertz CT molecular complexity index is 2700. The number of hydrogen-bond acceptors (Lipinski definition) is 15. The number of urea groups is 1. The molecule has 0 bridgehead atoms. The number of phenols is 2. The lowest BCUT2D eigenvalue weighted by molar-refractivity contribution is 0.00758. The van der Waals surface area contributed by atoms with Crippen molar-refractivity contribution in [2.24, 2.45) is 5.14 Å². The molecule has 1 aliphatic heterocycles. The number of rotatable bonds is 12. The van der Waals surface area contributed by atoms with Crippen molar-refractivity contribution in [3.05, 3.63) is 106 Å². The molecule has 3 aromatic heterocycles. The molecule has 1 aliphatic carbocycles. The summed E-state index contributed by atoms with van der Waals surface area (Å²) < 4.78 is 26.1. The molecule has 1 saturated heterocycles. The van der Waals surface area contributed by atoms with Crippen molar-refractivity contribution in [2.75, 3.05) is 35.2 Å². The molecule has 2 amide bonds. The Balaban J connectivity index is 1.11. The van der Waals surface area contributed by atoms with Gasteiger partial charge in [0.1, 0.15) is 29.4 Å². The minimum absolute atomic E-state index is 0.0409. The average Bonchev–Trinajstić information content (AvgIpc) is 4.01. The van der Waals surface area contributed by atoms with Gasteiger partial charge < -0.3 is 61.0 Å². The van der Waals surface area contributed by atoms with Crippen LogP contribution in [0.15, 0.2) is 88.8 Å². The van der Waals surface area contributed by atoms with Crippen LogP contribution in [-0.2, 0) is 16.6 Å². The number of hydrogen-bond donors (Lipinski definition) is 11. The van der Waals surface area contributed by atoms with Crippen LogP contribution in [0.3, 0.4) is 0 Å². The number of carbonyl (C=O) groups is 1. The molecule has 22 heteroatoms. The number of imidazole rings is 2. The summed E-state index contributed by atoms with van der Waals surface area (Å²) in [6, 6.07) is 16.0. The van der Waals surface area contributed by atoms with E-state index in [-0.39, 0.29) is 70.8 Å². The molecule has 8 rings (SSSR count). The van der Waals surface area contributed by atoms with E-state index in [4.69, 9.17) is 15.1 Å². The lowest BCUT2D eigenvalue weighted by atomic mass is 9.91. The van der Waals surface area contributed by atoms with Gasteiger partial charge in [0.2, 0.25) is 21.9 Å². The van der Waals surface area contributed by atoms with Crippen LogP contribution in [0, 0.1) is 0 Å². The summed E-state index contributed by atoms with van der Waals surface area (Å²) in [4.78, 5) is 44.3. The molecule has 320 valence electrons. The molecule has 0 spiro atoms. The third-order valence-corrected chi connectivity index (χ3v) is 12.1. The number of aromatic hydroxyl groups is 3. The second kappa shape index (κ2) is 16.4. The van der Waals surface area contributed by atoms with Crippen LogP contribution in [0.2, 0.25) is 0 Å². The van der Waals surface area contributed by atoms with Gasteiger partial charge >= 0.3 is 11.7 Å². The maximum atomic E-state index is 13.0. The van der Waals surface area contributed by atoms with Crippen molar-refractivity contribution in [1.29, 1.82) is 0 Å². The number of nitrogens with zero attached hydrogens (tertiary/aromatic N) is 6. The van der Waals surface area contributed by atoms with Crippen LogP contribution < -0.4 is 31.7 Å². The number of nitrogens with two attached hydrogens (primary N) is 1. The zero-order valence-corrected chi connectivity index (χ0v) is 33.0. The fourth-order valence-electron chi connectivity index (χ4n) is 8.04. The number of benzene rings is 3. The van der Waals surface area contributed by atoms with Gasteiger partial charge in [0, 0.05) is 37.3 Å². The second-order valence-electron chi connectivity index (χ2n) is 15.0. The highest BCUT2D eigenvalue weighted by molar-refractivity contribution is 7.89. The molecule has 2 fully saturated rings. The highest BCUT2D eigenvalue weighted by atomic mass is 32.2. The predicted molar refractivity (Wildman–Crippen MR) is 220 cm³/mol. The molecule has 4 heterocycles. The first kappa shape index (κ1) is 41.0. The number of aliphatic hydroxyl groups excluding tert-OH is 3. The minimum atomic E-state index is -3.99. The van der Waals surface area contributed by atoms with E-state index in [1.165, 1.54) is 30.6 Å². The number of primary sulfonamides is 1. The summed E-state index contributed by atoms with van der Waals surface area (Å²) in [5.74, 6) is -0.145. The Morgan fingerprint density at radius 3 is 2.26 bits per heavy atom. The van der Waals surface area contributed by atoms with Crippen LogP contribution in [0.5, 0.6) is 17.4 Å². The van der Waals surface area contributed by atoms with Gasteiger partial charge in [-0.3, -0.25) is 4.57 Å². The fraction of sp³-hybridized carbons (Fsp3) is 0.308. The maximum absolute atomic E-state index is 13.0. The van der Waals surface area contributed by atoms with Crippen molar-refractivity contribution in [1.82, 2.24) is 34.4 Å². The van der Waals surface area contributed by atoms with E-state index in [0.717, 1.165) is 15.7 Å². The van der Waals surface area contributed by atoms with Crippen LogP contribution in [0.1, 0.15) is 47.7 Å². The van der Waals surface area contributed by atoms with Crippen molar-refractivity contribution < 1.29 is 43.9 Å². The molecule has 12 N–H and O–H groups in total. The lowest BCUT2D eigenvalue weighted by Gasteiger charge is -2.22. The Hall–Kier alpha value is -6.72. The van der Waals surface area contributed by atoms with Crippen molar-refractivity contribution in [3.63, 3.8) is 0 Å². The molecule has 5 atom stereocenters. The van der Waals surface area contributed by atoms with E-state index in [0.29, 0.717) is 24.3 Å². The minimum Gasteiger partial charge on any atom is -0.508 e. The van der Waals surface area contributed by atoms with Gasteiger partial charge in [-0.1, -0.05) is 30.3 Å². The van der Waals surface area contributed by atoms with Gasteiger partial charge in [-0.2, -0.15) is 9.97 Å². The zero-order valence-electron chi connectivity index (χ0n) is 32.2. The average molecular weight is 858 g/mol. The van der Waals surface area contributed by atoms with Gasteiger partial charge in [-0.25, -0.2) is 28.1 Å². The quantitative estimate of drug-likeness (QED) is 0.0822. The molecular formula is C39H43N11O10S. The van der Waals surface area contributed by atoms with E-state index in [1.807, 2.05) is 4.90 Å². The number of aromatic amines is 1. The van der Waals surface area contributed by atoms with Gasteiger partial charge in [0.15, 0.2) is 17.0 Å². The SMILES string of the molecule is NS(=O)(=O)c1cccc(NC(=O)N[C@@H]2CCN(c3nc(NCC(c4ccc(O)cc4)c4ccc(O)cc4)c4ncn([C@@H]5C[C@H](n6c(O)c(CO)[nH]c6=O)[C@@H](O)[C@H]5O)c4n3)C2)c1. The normalized spacial score (nSPS) is 20.4. The van der Waals surface area contributed by atoms with E-state index in [1.54, 1.807) is 53.1 Å². The molecule has 0 unspecified atom stereocenters. The summed E-state index contributed by atoms with van der Waals surface area (Å²) in [6.45, 7) is 0.269. The summed E-state index contributed by atoms with van der Waals surface area (Å²) >= 11 is 0. The van der Waals surface area contributed by atoms with E-state index in [2.05, 4.69) is 25.9 Å². The zero-order chi connectivity index (χ0) is 43.2. The summed E-state index contributed by atoms with van der Waals surface area (Å²) in [6.07, 6.45) is -1.08. The molecule has 0 radical (unpaired) electrons. The molecule has 21 nitrogen and oxygen atoms in total. The smallest absolute Gasteiger partial charge is 0.329 e. The Labute approximate surface area is 346 Å². The lowest BCUT2D eigenvalue weighted by Crippen LogP contribution is -2.40. The van der Waals surface area contributed by atoms with Crippen molar-refractivity contribution in [3.8, 4) is 17.4 Å². The van der Waals surface area contributed by atoms with Crippen LogP contribution in [0.4, 0.5) is 22.2 Å². The van der Waals surface area contributed by atoms with Gasteiger partial charge in [0.25, 0.3) is 0 Å². The highest BCUT2D eigenvalue weighted by Gasteiger charge is 2.46. The Morgan fingerprint density at radius 1 is 0.951 bits per heavy atom. The topological polar surface area (TPSA) is 319 Å². The number of H-pyrrole nitrogens is 1. The van der Waals surface area contributed by atoms with E-state index in [9.17, 15) is 48.6 Å². The largest absolute Gasteiger partial charge is 0.508 e. The van der Waals surface area contributed by atoms with Crippen LogP contribution in [0.25, 0.3) is 11.2 Å².